The molecule has 2 heterocycles. The Morgan fingerprint density at radius 1 is 1.30 bits per heavy atom. The second-order valence-corrected chi connectivity index (χ2v) is 4.94. The fourth-order valence-corrected chi connectivity index (χ4v) is 2.23. The summed E-state index contributed by atoms with van der Waals surface area (Å²) in [4.78, 5) is 22.3. The summed E-state index contributed by atoms with van der Waals surface area (Å²) >= 11 is 0. The SMILES string of the molecule is O=C(CCC1CCOCC1)NCc1ccc(C(=O)O)o1. The van der Waals surface area contributed by atoms with Crippen LogP contribution in [0.15, 0.2) is 16.5 Å². The Bertz CT molecular complexity index is 462. The molecule has 6 heteroatoms. The van der Waals surface area contributed by atoms with E-state index in [4.69, 9.17) is 14.3 Å². The highest BCUT2D eigenvalue weighted by Gasteiger charge is 2.15. The first-order chi connectivity index (χ1) is 9.65. The van der Waals surface area contributed by atoms with Crippen molar-refractivity contribution in [2.24, 2.45) is 5.92 Å². The van der Waals surface area contributed by atoms with Crippen molar-refractivity contribution in [2.45, 2.75) is 32.2 Å². The first-order valence-electron chi connectivity index (χ1n) is 6.81. The average molecular weight is 281 g/mol. The lowest BCUT2D eigenvalue weighted by Gasteiger charge is -2.21. The highest BCUT2D eigenvalue weighted by molar-refractivity contribution is 5.84. The van der Waals surface area contributed by atoms with Gasteiger partial charge < -0.3 is 19.6 Å². The Balaban J connectivity index is 1.67. The van der Waals surface area contributed by atoms with E-state index in [0.717, 1.165) is 32.5 Å². The first-order valence-corrected chi connectivity index (χ1v) is 6.81. The van der Waals surface area contributed by atoms with Crippen LogP contribution in [-0.4, -0.2) is 30.2 Å². The third kappa shape index (κ3) is 4.38. The third-order valence-electron chi connectivity index (χ3n) is 3.45. The van der Waals surface area contributed by atoms with Crippen molar-refractivity contribution in [2.75, 3.05) is 13.2 Å². The molecule has 0 saturated carbocycles. The quantitative estimate of drug-likeness (QED) is 0.830. The molecule has 0 unspecified atom stereocenters. The monoisotopic (exact) mass is 281 g/mol. The van der Waals surface area contributed by atoms with Crippen molar-refractivity contribution < 1.29 is 23.8 Å². The van der Waals surface area contributed by atoms with Gasteiger partial charge in [-0.15, -0.1) is 0 Å². The van der Waals surface area contributed by atoms with Crippen LogP contribution in [0.2, 0.25) is 0 Å². The van der Waals surface area contributed by atoms with E-state index >= 15 is 0 Å². The van der Waals surface area contributed by atoms with Gasteiger partial charge in [-0.25, -0.2) is 4.79 Å². The smallest absolute Gasteiger partial charge is 0.371 e. The van der Waals surface area contributed by atoms with Gasteiger partial charge in [0.2, 0.25) is 11.7 Å². The lowest BCUT2D eigenvalue weighted by atomic mass is 9.95. The summed E-state index contributed by atoms with van der Waals surface area (Å²) in [6.45, 7) is 1.80. The van der Waals surface area contributed by atoms with E-state index in [1.54, 1.807) is 6.07 Å². The van der Waals surface area contributed by atoms with Crippen LogP contribution >= 0.6 is 0 Å². The van der Waals surface area contributed by atoms with Crippen molar-refractivity contribution in [1.82, 2.24) is 5.32 Å². The Hall–Kier alpha value is -1.82. The fraction of sp³-hybridized carbons (Fsp3) is 0.571. The summed E-state index contributed by atoms with van der Waals surface area (Å²) in [5, 5.41) is 11.4. The van der Waals surface area contributed by atoms with Gasteiger partial charge in [-0.2, -0.15) is 0 Å². The van der Waals surface area contributed by atoms with Crippen LogP contribution in [0.4, 0.5) is 0 Å². The minimum Gasteiger partial charge on any atom is -0.475 e. The normalized spacial score (nSPS) is 16.0. The number of amides is 1. The van der Waals surface area contributed by atoms with Gasteiger partial charge in [0.15, 0.2) is 0 Å². The number of nitrogens with one attached hydrogen (secondary N) is 1. The maximum atomic E-state index is 11.7. The number of hydrogen-bond donors (Lipinski definition) is 2. The van der Waals surface area contributed by atoms with Gasteiger partial charge in [-0.3, -0.25) is 4.79 Å². The molecule has 0 radical (unpaired) electrons. The number of hydrogen-bond acceptors (Lipinski definition) is 4. The number of ether oxygens (including phenoxy) is 1. The van der Waals surface area contributed by atoms with Gasteiger partial charge in [-0.05, 0) is 37.3 Å². The molecule has 1 aliphatic heterocycles. The van der Waals surface area contributed by atoms with Gasteiger partial charge in [0.25, 0.3) is 0 Å². The number of carbonyl (C=O) groups excluding carboxylic acids is 1. The van der Waals surface area contributed by atoms with Crippen LogP contribution in [0.3, 0.4) is 0 Å². The number of aromatic carboxylic acids is 1. The van der Waals surface area contributed by atoms with Gasteiger partial charge in [0, 0.05) is 19.6 Å². The predicted molar refractivity (Wildman–Crippen MR) is 70.3 cm³/mol. The van der Waals surface area contributed by atoms with Crippen LogP contribution in [0.5, 0.6) is 0 Å². The Morgan fingerprint density at radius 2 is 2.05 bits per heavy atom. The second-order valence-electron chi connectivity index (χ2n) is 4.94. The number of carboxylic acids is 1. The van der Waals surface area contributed by atoms with E-state index in [0.29, 0.717) is 18.1 Å². The lowest BCUT2D eigenvalue weighted by molar-refractivity contribution is -0.121. The number of carbonyl (C=O) groups is 2. The third-order valence-corrected chi connectivity index (χ3v) is 3.45. The molecule has 1 amide bonds. The molecule has 1 saturated heterocycles. The summed E-state index contributed by atoms with van der Waals surface area (Å²) in [5.74, 6) is -0.248. The van der Waals surface area contributed by atoms with Crippen molar-refractivity contribution >= 4 is 11.9 Å². The van der Waals surface area contributed by atoms with Crippen molar-refractivity contribution in [3.8, 4) is 0 Å². The van der Waals surface area contributed by atoms with Gasteiger partial charge >= 0.3 is 5.97 Å². The molecule has 0 aromatic carbocycles. The standard InChI is InChI=1S/C14H19NO5/c16-13(4-1-10-5-7-19-8-6-10)15-9-11-2-3-12(20-11)14(17)18/h2-3,10H,1,4-9H2,(H,15,16)(H,17,18). The summed E-state index contributed by atoms with van der Waals surface area (Å²) in [6, 6.07) is 2.94. The van der Waals surface area contributed by atoms with Crippen LogP contribution in [0.1, 0.15) is 42.0 Å². The molecule has 2 N–H and O–H groups in total. The molecule has 1 aromatic rings. The number of rotatable bonds is 6. The first kappa shape index (κ1) is 14.6. The molecule has 0 atom stereocenters. The van der Waals surface area contributed by atoms with Gasteiger partial charge in [0.1, 0.15) is 5.76 Å². The van der Waals surface area contributed by atoms with Gasteiger partial charge in [0.05, 0.1) is 6.54 Å². The fourth-order valence-electron chi connectivity index (χ4n) is 2.23. The van der Waals surface area contributed by atoms with Gasteiger partial charge in [-0.1, -0.05) is 0 Å². The minimum atomic E-state index is -1.11. The molecule has 1 aromatic heterocycles. The molecule has 2 rings (SSSR count). The largest absolute Gasteiger partial charge is 0.475 e. The van der Waals surface area contributed by atoms with Crippen LogP contribution < -0.4 is 5.32 Å². The van der Waals surface area contributed by atoms with E-state index in [1.807, 2.05) is 0 Å². The zero-order valence-corrected chi connectivity index (χ0v) is 11.3. The second kappa shape index (κ2) is 7.09. The lowest BCUT2D eigenvalue weighted by Crippen LogP contribution is -2.24. The molecule has 20 heavy (non-hydrogen) atoms. The molecule has 0 aliphatic carbocycles. The summed E-state index contributed by atoms with van der Waals surface area (Å²) in [5.41, 5.74) is 0. The Morgan fingerprint density at radius 3 is 2.70 bits per heavy atom. The van der Waals surface area contributed by atoms with E-state index in [9.17, 15) is 9.59 Å². The molecular weight excluding hydrogens is 262 g/mol. The molecule has 110 valence electrons. The molecule has 6 nitrogen and oxygen atoms in total. The van der Waals surface area contributed by atoms with Crippen molar-refractivity contribution in [3.05, 3.63) is 23.7 Å². The maximum absolute atomic E-state index is 11.7. The predicted octanol–water partition coefficient (Wildman–Crippen LogP) is 1.80. The number of carboxylic acid groups (broad SMARTS) is 1. The molecule has 0 bridgehead atoms. The van der Waals surface area contributed by atoms with E-state index in [1.165, 1.54) is 6.07 Å². The van der Waals surface area contributed by atoms with Crippen LogP contribution in [0.25, 0.3) is 0 Å². The summed E-state index contributed by atoms with van der Waals surface area (Å²) in [7, 11) is 0. The van der Waals surface area contributed by atoms with E-state index < -0.39 is 5.97 Å². The topological polar surface area (TPSA) is 88.8 Å². The minimum absolute atomic E-state index is 0.0373. The highest BCUT2D eigenvalue weighted by atomic mass is 16.5. The molecule has 1 fully saturated rings. The van der Waals surface area contributed by atoms with E-state index in [2.05, 4.69) is 5.32 Å². The Labute approximate surface area is 117 Å². The van der Waals surface area contributed by atoms with Crippen LogP contribution in [0, 0.1) is 5.92 Å². The van der Waals surface area contributed by atoms with Crippen molar-refractivity contribution in [1.29, 1.82) is 0 Å². The maximum Gasteiger partial charge on any atom is 0.371 e. The molecule has 1 aliphatic rings. The Kier molecular flexibility index (Phi) is 5.17. The van der Waals surface area contributed by atoms with Crippen LogP contribution in [-0.2, 0) is 16.1 Å². The number of furan rings is 1. The average Bonchev–Trinajstić information content (AvgIpc) is 2.93. The highest BCUT2D eigenvalue weighted by Crippen LogP contribution is 2.19. The van der Waals surface area contributed by atoms with E-state index in [-0.39, 0.29) is 18.2 Å². The zero-order chi connectivity index (χ0) is 14.4. The summed E-state index contributed by atoms with van der Waals surface area (Å²) < 4.78 is 10.3. The molecule has 0 spiro atoms. The molecular formula is C14H19NO5. The zero-order valence-electron chi connectivity index (χ0n) is 11.3. The van der Waals surface area contributed by atoms with Crippen molar-refractivity contribution in [3.63, 3.8) is 0 Å². The summed E-state index contributed by atoms with van der Waals surface area (Å²) in [6.07, 6.45) is 3.39.